The lowest BCUT2D eigenvalue weighted by Crippen LogP contribution is -2.48. The average Bonchev–Trinajstić information content (AvgIpc) is 3.45. The Balaban J connectivity index is 1.63. The molecule has 3 atom stereocenters. The monoisotopic (exact) mass is 649 g/mol. The number of rotatable bonds is 10. The highest BCUT2D eigenvalue weighted by Crippen LogP contribution is 2.43. The lowest BCUT2D eigenvalue weighted by Gasteiger charge is -2.40. The Labute approximate surface area is 257 Å². The molecule has 1 fully saturated rings. The number of ether oxygens (including phenoxy) is 1. The second-order valence-corrected chi connectivity index (χ2v) is 25.5. The lowest BCUT2D eigenvalue weighted by atomic mass is 10.2. The SMILES string of the molecule is CC(C)(C)[Si](C)(C)OC[C@H]1O[C@@H](n2cnc3c(OS(=O)(=O)Cc4ccccc4)nc(N)nc32)C[C@@H]1O[Si](C)(C)C(C)(C)C. The first-order chi connectivity index (χ1) is 19.7. The zero-order valence-corrected chi connectivity index (χ0v) is 29.9. The van der Waals surface area contributed by atoms with Gasteiger partial charge in [0.1, 0.15) is 18.1 Å². The molecule has 0 amide bonds. The van der Waals surface area contributed by atoms with Crippen LogP contribution in [0.5, 0.6) is 5.88 Å². The molecule has 0 bridgehead atoms. The highest BCUT2D eigenvalue weighted by atomic mass is 32.2. The third-order valence-electron chi connectivity index (χ3n) is 8.96. The molecule has 2 N–H and O–H groups in total. The zero-order chi connectivity index (χ0) is 32.0. The van der Waals surface area contributed by atoms with Crippen molar-refractivity contribution in [3.05, 3.63) is 42.2 Å². The molecule has 11 nitrogen and oxygen atoms in total. The number of fused-ring (bicyclic) bond motifs is 1. The van der Waals surface area contributed by atoms with E-state index in [0.717, 1.165) is 0 Å². The molecule has 0 radical (unpaired) electrons. The summed E-state index contributed by atoms with van der Waals surface area (Å²) in [6, 6.07) is 8.77. The van der Waals surface area contributed by atoms with E-state index >= 15 is 0 Å². The molecule has 0 spiro atoms. The van der Waals surface area contributed by atoms with Crippen LogP contribution in [0.2, 0.25) is 36.3 Å². The normalized spacial score (nSPS) is 20.6. The van der Waals surface area contributed by atoms with Crippen molar-refractivity contribution in [1.29, 1.82) is 0 Å². The Kier molecular flexibility index (Phi) is 9.24. The molecule has 3 heterocycles. The molecule has 1 aromatic carbocycles. The van der Waals surface area contributed by atoms with Crippen LogP contribution in [0.15, 0.2) is 36.7 Å². The molecule has 2 aromatic heterocycles. The van der Waals surface area contributed by atoms with E-state index < -0.39 is 33.0 Å². The number of hydrogen-bond acceptors (Lipinski definition) is 10. The number of benzene rings is 1. The number of nitrogens with zero attached hydrogens (tertiary/aromatic N) is 4. The number of anilines is 1. The summed E-state index contributed by atoms with van der Waals surface area (Å²) in [6.07, 6.45) is 1.08. The van der Waals surface area contributed by atoms with Gasteiger partial charge in [-0.3, -0.25) is 4.57 Å². The van der Waals surface area contributed by atoms with Crippen LogP contribution in [0.1, 0.15) is 59.8 Å². The lowest BCUT2D eigenvalue weighted by molar-refractivity contribution is -0.0383. The summed E-state index contributed by atoms with van der Waals surface area (Å²) in [7, 11) is -8.24. The van der Waals surface area contributed by atoms with Gasteiger partial charge >= 0.3 is 10.1 Å². The number of nitrogen functional groups attached to an aromatic ring is 1. The first-order valence-corrected chi connectivity index (χ1v) is 22.0. The van der Waals surface area contributed by atoms with E-state index in [0.29, 0.717) is 24.2 Å². The molecule has 3 aromatic rings. The van der Waals surface area contributed by atoms with Gasteiger partial charge in [0.05, 0.1) is 19.0 Å². The molecule has 14 heteroatoms. The van der Waals surface area contributed by atoms with Crippen LogP contribution in [0, 0.1) is 0 Å². The van der Waals surface area contributed by atoms with Gasteiger partial charge in [-0.25, -0.2) is 4.98 Å². The largest absolute Gasteiger partial charge is 0.414 e. The van der Waals surface area contributed by atoms with Crippen molar-refractivity contribution in [1.82, 2.24) is 19.5 Å². The molecular weight excluding hydrogens is 603 g/mol. The van der Waals surface area contributed by atoms with Crippen molar-refractivity contribution in [2.75, 3.05) is 12.3 Å². The number of hydrogen-bond donors (Lipinski definition) is 1. The van der Waals surface area contributed by atoms with Crippen molar-refractivity contribution in [3.8, 4) is 5.88 Å². The van der Waals surface area contributed by atoms with Gasteiger partial charge in [0.25, 0.3) is 5.88 Å². The molecule has 1 saturated heterocycles. The first kappa shape index (κ1) is 33.5. The predicted molar refractivity (Wildman–Crippen MR) is 173 cm³/mol. The summed E-state index contributed by atoms with van der Waals surface area (Å²) in [5.74, 6) is -0.681. The van der Waals surface area contributed by atoms with Gasteiger partial charge in [-0.05, 0) is 41.8 Å². The van der Waals surface area contributed by atoms with Crippen molar-refractivity contribution < 1.29 is 26.2 Å². The maximum absolute atomic E-state index is 12.9. The molecule has 4 rings (SSSR count). The standard InChI is InChI=1S/C29H47N5O6SSi2/c1-28(2,3)42(7,8)37-17-22-21(40-43(9,10)29(4,5)6)16-23(38-22)34-19-31-24-25(34)32-27(30)33-26(24)39-41(35,36)18-20-14-12-11-13-15-20/h11-15,19,21-23H,16-18H2,1-10H3,(H2,30,32,33)/t21-,22+,23+/m0/s1. The molecular formula is C29H47N5O6SSi2. The summed E-state index contributed by atoms with van der Waals surface area (Å²) in [5.41, 5.74) is 7.12. The van der Waals surface area contributed by atoms with Crippen LogP contribution >= 0.6 is 0 Å². The minimum absolute atomic E-state index is 0.0107. The third kappa shape index (κ3) is 7.65. The van der Waals surface area contributed by atoms with Crippen LogP contribution in [0.4, 0.5) is 5.95 Å². The molecule has 0 unspecified atom stereocenters. The smallest absolute Gasteiger partial charge is 0.314 e. The Hall–Kier alpha value is -2.37. The van der Waals surface area contributed by atoms with Gasteiger partial charge in [-0.1, -0.05) is 71.9 Å². The second-order valence-electron chi connectivity index (χ2n) is 14.3. The number of imidazole rings is 1. The minimum atomic E-state index is -4.05. The summed E-state index contributed by atoms with van der Waals surface area (Å²) >= 11 is 0. The Morgan fingerprint density at radius 1 is 1.00 bits per heavy atom. The number of aromatic nitrogens is 4. The summed E-state index contributed by atoms with van der Waals surface area (Å²) in [5, 5.41) is 0.0593. The van der Waals surface area contributed by atoms with Gasteiger partial charge < -0.3 is 23.5 Å². The van der Waals surface area contributed by atoms with Crippen LogP contribution < -0.4 is 9.92 Å². The maximum atomic E-state index is 12.9. The van der Waals surface area contributed by atoms with E-state index in [1.54, 1.807) is 35.2 Å². The topological polar surface area (TPSA) is 141 Å². The molecule has 1 aliphatic heterocycles. The molecule has 238 valence electrons. The van der Waals surface area contributed by atoms with E-state index in [4.69, 9.17) is 23.5 Å². The van der Waals surface area contributed by atoms with Gasteiger partial charge in [0, 0.05) is 6.42 Å². The van der Waals surface area contributed by atoms with Gasteiger partial charge in [0.2, 0.25) is 5.95 Å². The van der Waals surface area contributed by atoms with Crippen LogP contribution in [0.3, 0.4) is 0 Å². The maximum Gasteiger partial charge on any atom is 0.314 e. The Morgan fingerprint density at radius 2 is 1.63 bits per heavy atom. The molecule has 0 saturated carbocycles. The van der Waals surface area contributed by atoms with Gasteiger partial charge in [-0.2, -0.15) is 18.4 Å². The van der Waals surface area contributed by atoms with Crippen LogP contribution in [0.25, 0.3) is 11.2 Å². The first-order valence-electron chi connectivity index (χ1n) is 14.6. The van der Waals surface area contributed by atoms with Crippen molar-refractivity contribution in [3.63, 3.8) is 0 Å². The summed E-state index contributed by atoms with van der Waals surface area (Å²) < 4.78 is 53.1. The highest BCUT2D eigenvalue weighted by Gasteiger charge is 2.47. The molecule has 0 aliphatic carbocycles. The predicted octanol–water partition coefficient (Wildman–Crippen LogP) is 6.02. The minimum Gasteiger partial charge on any atom is -0.414 e. The van der Waals surface area contributed by atoms with Crippen LogP contribution in [-0.2, 0) is 29.5 Å². The van der Waals surface area contributed by atoms with E-state index in [9.17, 15) is 8.42 Å². The van der Waals surface area contributed by atoms with E-state index in [1.807, 2.05) is 6.07 Å². The third-order valence-corrected chi connectivity index (χ3v) is 19.1. The fraction of sp³-hybridized carbons (Fsp3) is 0.621. The van der Waals surface area contributed by atoms with E-state index in [-0.39, 0.29) is 45.4 Å². The summed E-state index contributed by atoms with van der Waals surface area (Å²) in [4.78, 5) is 12.9. The van der Waals surface area contributed by atoms with Crippen molar-refractivity contribution in [2.24, 2.45) is 0 Å². The Morgan fingerprint density at radius 3 is 2.23 bits per heavy atom. The van der Waals surface area contributed by atoms with Crippen LogP contribution in [-0.4, -0.2) is 63.4 Å². The Bertz CT molecular complexity index is 1530. The average molecular weight is 650 g/mol. The van der Waals surface area contributed by atoms with E-state index in [1.165, 1.54) is 0 Å². The number of nitrogens with two attached hydrogens (primary N) is 1. The fourth-order valence-electron chi connectivity index (χ4n) is 4.31. The molecule has 1 aliphatic rings. The molecule has 43 heavy (non-hydrogen) atoms. The summed E-state index contributed by atoms with van der Waals surface area (Å²) in [6.45, 7) is 22.6. The van der Waals surface area contributed by atoms with E-state index in [2.05, 4.69) is 82.7 Å². The zero-order valence-electron chi connectivity index (χ0n) is 27.0. The fourth-order valence-corrected chi connectivity index (χ4v) is 7.70. The quantitative estimate of drug-likeness (QED) is 0.205. The second kappa shape index (κ2) is 11.9. The van der Waals surface area contributed by atoms with Gasteiger partial charge in [0.15, 0.2) is 27.8 Å². The van der Waals surface area contributed by atoms with Crippen molar-refractivity contribution >= 4 is 43.9 Å². The highest BCUT2D eigenvalue weighted by molar-refractivity contribution is 7.86. The van der Waals surface area contributed by atoms with Gasteiger partial charge in [-0.15, -0.1) is 0 Å². The van der Waals surface area contributed by atoms with Crippen molar-refractivity contribution in [2.45, 2.75) is 108 Å².